The highest BCUT2D eigenvalue weighted by atomic mass is 16.5. The number of hydrogen-bond donors (Lipinski definition) is 0. The van der Waals surface area contributed by atoms with Gasteiger partial charge >= 0.3 is 0 Å². The van der Waals surface area contributed by atoms with Gasteiger partial charge in [0.1, 0.15) is 11.9 Å². The maximum Gasteiger partial charge on any atom is 0.178 e. The zero-order valence-corrected chi connectivity index (χ0v) is 6.91. The molecule has 0 fully saturated rings. The molecule has 1 aromatic rings. The van der Waals surface area contributed by atoms with Gasteiger partial charge in [-0.25, -0.2) is 0 Å². The van der Waals surface area contributed by atoms with Crippen LogP contribution in [-0.2, 0) is 6.42 Å². The second-order valence-corrected chi connectivity index (χ2v) is 3.09. The SMILES string of the molecule is CC1Cc2ccc(=O)ccc2O1. The first-order valence-electron chi connectivity index (χ1n) is 4.05. The van der Waals surface area contributed by atoms with Crippen molar-refractivity contribution in [2.75, 3.05) is 0 Å². The minimum absolute atomic E-state index is 0.0284. The molecule has 1 aliphatic rings. The van der Waals surface area contributed by atoms with Crippen LogP contribution in [0.5, 0.6) is 5.75 Å². The third-order valence-electron chi connectivity index (χ3n) is 2.00. The van der Waals surface area contributed by atoms with E-state index in [1.54, 1.807) is 12.1 Å². The first-order chi connectivity index (χ1) is 5.75. The highest BCUT2D eigenvalue weighted by molar-refractivity contribution is 5.35. The van der Waals surface area contributed by atoms with Crippen LogP contribution in [0.15, 0.2) is 29.1 Å². The average molecular weight is 162 g/mol. The van der Waals surface area contributed by atoms with E-state index in [9.17, 15) is 4.79 Å². The maximum absolute atomic E-state index is 10.9. The van der Waals surface area contributed by atoms with Crippen LogP contribution < -0.4 is 10.2 Å². The Balaban J connectivity index is 2.54. The molecule has 1 aromatic carbocycles. The van der Waals surface area contributed by atoms with Gasteiger partial charge in [-0.15, -0.1) is 0 Å². The Morgan fingerprint density at radius 1 is 1.33 bits per heavy atom. The van der Waals surface area contributed by atoms with Gasteiger partial charge < -0.3 is 4.74 Å². The first-order valence-corrected chi connectivity index (χ1v) is 4.05. The molecule has 2 rings (SSSR count). The van der Waals surface area contributed by atoms with Crippen LogP contribution in [0.1, 0.15) is 12.5 Å². The normalized spacial score (nSPS) is 19.9. The number of fused-ring (bicyclic) bond motifs is 1. The molecule has 0 bridgehead atoms. The van der Waals surface area contributed by atoms with Crippen molar-refractivity contribution in [1.29, 1.82) is 0 Å². The molecule has 2 nitrogen and oxygen atoms in total. The van der Waals surface area contributed by atoms with Crippen molar-refractivity contribution in [2.45, 2.75) is 19.4 Å². The minimum Gasteiger partial charge on any atom is -0.490 e. The molecular formula is C10H10O2. The van der Waals surface area contributed by atoms with Crippen LogP contribution >= 0.6 is 0 Å². The van der Waals surface area contributed by atoms with Gasteiger partial charge in [-0.2, -0.15) is 0 Å². The molecule has 1 atom stereocenters. The van der Waals surface area contributed by atoms with Gasteiger partial charge in [0, 0.05) is 6.42 Å². The molecule has 0 N–H and O–H groups in total. The third-order valence-corrected chi connectivity index (χ3v) is 2.00. The second-order valence-electron chi connectivity index (χ2n) is 3.09. The lowest BCUT2D eigenvalue weighted by Crippen LogP contribution is -2.05. The van der Waals surface area contributed by atoms with Gasteiger partial charge in [0.25, 0.3) is 0 Å². The number of ether oxygens (including phenoxy) is 1. The molecule has 12 heavy (non-hydrogen) atoms. The predicted molar refractivity (Wildman–Crippen MR) is 46.5 cm³/mol. The molecule has 1 heterocycles. The summed E-state index contributed by atoms with van der Waals surface area (Å²) < 4.78 is 5.48. The van der Waals surface area contributed by atoms with Gasteiger partial charge in [0.2, 0.25) is 0 Å². The summed E-state index contributed by atoms with van der Waals surface area (Å²) in [4.78, 5) is 10.9. The number of rotatable bonds is 0. The average Bonchev–Trinajstić information content (AvgIpc) is 2.31. The lowest BCUT2D eigenvalue weighted by molar-refractivity contribution is 0.254. The minimum atomic E-state index is 0.0284. The Labute approximate surface area is 70.8 Å². The van der Waals surface area contributed by atoms with Crippen LogP contribution in [0.4, 0.5) is 0 Å². The molecule has 0 aliphatic carbocycles. The summed E-state index contributed by atoms with van der Waals surface area (Å²) in [5.74, 6) is 0.851. The Hall–Kier alpha value is -1.31. The van der Waals surface area contributed by atoms with E-state index in [0.717, 1.165) is 17.7 Å². The smallest absolute Gasteiger partial charge is 0.178 e. The monoisotopic (exact) mass is 162 g/mol. The zero-order valence-electron chi connectivity index (χ0n) is 6.91. The van der Waals surface area contributed by atoms with Gasteiger partial charge in [-0.1, -0.05) is 6.07 Å². The van der Waals surface area contributed by atoms with Gasteiger partial charge in [-0.3, -0.25) is 4.79 Å². The summed E-state index contributed by atoms with van der Waals surface area (Å²) in [7, 11) is 0. The molecule has 1 unspecified atom stereocenters. The van der Waals surface area contributed by atoms with E-state index >= 15 is 0 Å². The van der Waals surface area contributed by atoms with Crippen LogP contribution in [0, 0.1) is 0 Å². The van der Waals surface area contributed by atoms with E-state index in [1.165, 1.54) is 6.07 Å². The summed E-state index contributed by atoms with van der Waals surface area (Å²) in [6.45, 7) is 2.03. The molecule has 1 aliphatic heterocycles. The predicted octanol–water partition coefficient (Wildman–Crippen LogP) is 1.37. The molecule has 0 aromatic heterocycles. The van der Waals surface area contributed by atoms with Crippen molar-refractivity contribution >= 4 is 0 Å². The van der Waals surface area contributed by atoms with E-state index in [-0.39, 0.29) is 11.5 Å². The quantitative estimate of drug-likeness (QED) is 0.576. The van der Waals surface area contributed by atoms with Crippen LogP contribution in [-0.4, -0.2) is 6.10 Å². The Bertz CT molecular complexity index is 326. The largest absolute Gasteiger partial charge is 0.490 e. The second kappa shape index (κ2) is 2.63. The van der Waals surface area contributed by atoms with E-state index in [0.29, 0.717) is 0 Å². The van der Waals surface area contributed by atoms with Crippen molar-refractivity contribution in [2.24, 2.45) is 0 Å². The fourth-order valence-electron chi connectivity index (χ4n) is 1.44. The van der Waals surface area contributed by atoms with Crippen LogP contribution in [0.3, 0.4) is 0 Å². The molecule has 2 heteroatoms. The van der Waals surface area contributed by atoms with Crippen LogP contribution in [0.25, 0.3) is 0 Å². The zero-order chi connectivity index (χ0) is 8.55. The van der Waals surface area contributed by atoms with Crippen LogP contribution in [0.2, 0.25) is 0 Å². The van der Waals surface area contributed by atoms with Gasteiger partial charge in [0.05, 0.1) is 0 Å². The molecule has 0 saturated heterocycles. The van der Waals surface area contributed by atoms with Crippen molar-refractivity contribution in [1.82, 2.24) is 0 Å². The highest BCUT2D eigenvalue weighted by Crippen LogP contribution is 2.26. The van der Waals surface area contributed by atoms with E-state index < -0.39 is 0 Å². The fraction of sp³-hybridized carbons (Fsp3) is 0.300. The summed E-state index contributed by atoms with van der Waals surface area (Å²) >= 11 is 0. The summed E-state index contributed by atoms with van der Waals surface area (Å²) in [5, 5.41) is 0. The maximum atomic E-state index is 10.9. The number of hydrogen-bond acceptors (Lipinski definition) is 2. The van der Waals surface area contributed by atoms with Crippen molar-refractivity contribution in [3.8, 4) is 5.75 Å². The van der Waals surface area contributed by atoms with E-state index in [2.05, 4.69) is 0 Å². The first kappa shape index (κ1) is 7.35. The molecule has 0 spiro atoms. The van der Waals surface area contributed by atoms with Gasteiger partial charge in [0.15, 0.2) is 5.43 Å². The molecule has 0 radical (unpaired) electrons. The highest BCUT2D eigenvalue weighted by Gasteiger charge is 2.16. The fourth-order valence-corrected chi connectivity index (χ4v) is 1.44. The summed E-state index contributed by atoms with van der Waals surface area (Å²) in [6, 6.07) is 6.72. The van der Waals surface area contributed by atoms with Crippen molar-refractivity contribution in [3.63, 3.8) is 0 Å². The molecular weight excluding hydrogens is 152 g/mol. The van der Waals surface area contributed by atoms with E-state index in [4.69, 9.17) is 4.74 Å². The summed E-state index contributed by atoms with van der Waals surface area (Å²) in [5.41, 5.74) is 1.16. The standard InChI is InChI=1S/C10H10O2/c1-7-6-8-2-3-9(11)4-5-10(8)12-7/h2-5,7H,6H2,1H3. The van der Waals surface area contributed by atoms with Gasteiger partial charge in [-0.05, 0) is 30.7 Å². The Morgan fingerprint density at radius 3 is 2.92 bits per heavy atom. The van der Waals surface area contributed by atoms with Crippen molar-refractivity contribution in [3.05, 3.63) is 40.1 Å². The topological polar surface area (TPSA) is 26.3 Å². The molecule has 0 amide bonds. The lowest BCUT2D eigenvalue weighted by Gasteiger charge is -2.00. The van der Waals surface area contributed by atoms with E-state index in [1.807, 2.05) is 13.0 Å². The third kappa shape index (κ3) is 1.20. The van der Waals surface area contributed by atoms with Crippen molar-refractivity contribution < 1.29 is 4.74 Å². The molecule has 62 valence electrons. The lowest BCUT2D eigenvalue weighted by atomic mass is 10.2. The Morgan fingerprint density at radius 2 is 2.08 bits per heavy atom. The Kier molecular flexibility index (Phi) is 1.61. The summed E-state index contributed by atoms with van der Waals surface area (Å²) in [6.07, 6.45) is 1.15. The molecule has 0 saturated carbocycles.